The van der Waals surface area contributed by atoms with Crippen LogP contribution in [0.15, 0.2) is 85.1 Å². The number of ether oxygens (including phenoxy) is 2. The second-order valence-electron chi connectivity index (χ2n) is 8.19. The maximum atomic E-state index is 12.3. The minimum Gasteiger partial charge on any atom is -0.493 e. The molecule has 3 N–H and O–H groups in total. The Morgan fingerprint density at radius 3 is 2.51 bits per heavy atom. The molecule has 4 aromatic rings. The number of hydrogen-bond donors (Lipinski definition) is 3. The molecule has 198 valence electrons. The van der Waals surface area contributed by atoms with Crippen molar-refractivity contribution in [3.05, 3.63) is 102 Å². The van der Waals surface area contributed by atoms with Crippen molar-refractivity contribution >= 4 is 35.2 Å². The van der Waals surface area contributed by atoms with Crippen molar-refractivity contribution < 1.29 is 29.0 Å². The van der Waals surface area contributed by atoms with Gasteiger partial charge < -0.3 is 25.2 Å². The summed E-state index contributed by atoms with van der Waals surface area (Å²) in [6, 6.07) is 20.4. The molecular formula is C28H25N5O6. The second kappa shape index (κ2) is 12.7. The van der Waals surface area contributed by atoms with E-state index in [0.29, 0.717) is 28.4 Å². The van der Waals surface area contributed by atoms with Crippen molar-refractivity contribution in [3.8, 4) is 11.5 Å². The van der Waals surface area contributed by atoms with Gasteiger partial charge in [-0.3, -0.25) is 9.59 Å². The Labute approximate surface area is 223 Å². The fraction of sp³-hybridized carbons (Fsp3) is 0.107. The zero-order chi connectivity index (χ0) is 27.6. The van der Waals surface area contributed by atoms with Crippen LogP contribution < -0.4 is 20.1 Å². The van der Waals surface area contributed by atoms with Gasteiger partial charge in [0.15, 0.2) is 11.5 Å². The van der Waals surface area contributed by atoms with Crippen molar-refractivity contribution in [1.29, 1.82) is 0 Å². The van der Waals surface area contributed by atoms with E-state index in [0.717, 1.165) is 0 Å². The number of rotatable bonds is 11. The Hall–Kier alpha value is -5.45. The van der Waals surface area contributed by atoms with E-state index in [-0.39, 0.29) is 30.3 Å². The smallest absolute Gasteiger partial charge is 0.337 e. The highest BCUT2D eigenvalue weighted by molar-refractivity contribution is 6.06. The Balaban J connectivity index is 1.32. The van der Waals surface area contributed by atoms with Crippen LogP contribution in [-0.2, 0) is 22.7 Å². The van der Waals surface area contributed by atoms with Crippen LogP contribution in [0, 0.1) is 0 Å². The van der Waals surface area contributed by atoms with Crippen molar-refractivity contribution in [2.75, 3.05) is 17.7 Å². The molecule has 0 aliphatic heterocycles. The third-order valence-corrected chi connectivity index (χ3v) is 5.35. The largest absolute Gasteiger partial charge is 0.493 e. The van der Waals surface area contributed by atoms with E-state index in [4.69, 9.17) is 9.47 Å². The van der Waals surface area contributed by atoms with Gasteiger partial charge >= 0.3 is 5.97 Å². The van der Waals surface area contributed by atoms with E-state index in [9.17, 15) is 19.5 Å². The molecule has 11 heteroatoms. The summed E-state index contributed by atoms with van der Waals surface area (Å²) in [6.07, 6.45) is 4.48. The van der Waals surface area contributed by atoms with E-state index in [2.05, 4.69) is 20.9 Å². The Morgan fingerprint density at radius 2 is 1.74 bits per heavy atom. The predicted octanol–water partition coefficient (Wildman–Crippen LogP) is 3.85. The lowest BCUT2D eigenvalue weighted by atomic mass is 10.1. The molecule has 0 aliphatic rings. The number of carboxylic acids is 1. The van der Waals surface area contributed by atoms with Crippen LogP contribution in [-0.4, -0.2) is 45.0 Å². The average Bonchev–Trinajstić information content (AvgIpc) is 3.38. The van der Waals surface area contributed by atoms with Gasteiger partial charge in [0.2, 0.25) is 11.8 Å². The minimum absolute atomic E-state index is 0.00170. The fourth-order valence-electron chi connectivity index (χ4n) is 3.53. The number of hydrogen-bond acceptors (Lipinski definition) is 7. The van der Waals surface area contributed by atoms with Crippen molar-refractivity contribution in [2.45, 2.75) is 13.2 Å². The molecule has 0 aliphatic carbocycles. The molecule has 0 fully saturated rings. The standard InChI is InChI=1S/C28H25N5O6/c1-38-25-15-19(12-14-26(34)30-23-10-6-5-9-22(23)28(36)37)11-13-24(25)39-18-21-16-33(32-31-21)17-27(35)29-20-7-3-2-4-8-20/h2-16H,17-18H2,1H3,(H,29,35)(H,30,34)(H,36,37)/b14-12+. The number of amides is 2. The highest BCUT2D eigenvalue weighted by atomic mass is 16.5. The molecular weight excluding hydrogens is 502 g/mol. The van der Waals surface area contributed by atoms with Crippen LogP contribution >= 0.6 is 0 Å². The van der Waals surface area contributed by atoms with Gasteiger partial charge in [0.1, 0.15) is 18.8 Å². The van der Waals surface area contributed by atoms with E-state index in [1.807, 2.05) is 18.2 Å². The van der Waals surface area contributed by atoms with Crippen LogP contribution in [0.1, 0.15) is 21.6 Å². The Bertz CT molecular complexity index is 1500. The van der Waals surface area contributed by atoms with Gasteiger partial charge in [0.25, 0.3) is 0 Å². The second-order valence-corrected chi connectivity index (χ2v) is 8.19. The maximum absolute atomic E-state index is 12.3. The van der Waals surface area contributed by atoms with E-state index in [1.165, 1.54) is 30.0 Å². The molecule has 39 heavy (non-hydrogen) atoms. The van der Waals surface area contributed by atoms with E-state index in [1.54, 1.807) is 54.7 Å². The molecule has 0 atom stereocenters. The number of benzene rings is 3. The topological polar surface area (TPSA) is 145 Å². The molecule has 2 amide bonds. The van der Waals surface area contributed by atoms with Gasteiger partial charge in [-0.05, 0) is 48.0 Å². The normalized spacial score (nSPS) is 10.7. The van der Waals surface area contributed by atoms with Crippen molar-refractivity contribution in [1.82, 2.24) is 15.0 Å². The molecule has 0 spiro atoms. The zero-order valence-corrected chi connectivity index (χ0v) is 20.9. The summed E-state index contributed by atoms with van der Waals surface area (Å²) in [7, 11) is 1.49. The summed E-state index contributed by atoms with van der Waals surface area (Å²) in [5.74, 6) is -0.965. The number of nitrogens with zero attached hydrogens (tertiary/aromatic N) is 3. The third-order valence-electron chi connectivity index (χ3n) is 5.35. The molecule has 11 nitrogen and oxygen atoms in total. The minimum atomic E-state index is -1.13. The van der Waals surface area contributed by atoms with E-state index < -0.39 is 11.9 Å². The van der Waals surface area contributed by atoms with Crippen LogP contribution in [0.2, 0.25) is 0 Å². The lowest BCUT2D eigenvalue weighted by Crippen LogP contribution is -2.19. The first-order valence-corrected chi connectivity index (χ1v) is 11.8. The first-order valence-electron chi connectivity index (χ1n) is 11.8. The highest BCUT2D eigenvalue weighted by Gasteiger charge is 2.12. The molecule has 0 saturated carbocycles. The lowest BCUT2D eigenvalue weighted by molar-refractivity contribution is -0.117. The molecule has 1 heterocycles. The first kappa shape index (κ1) is 26.6. The van der Waals surface area contributed by atoms with Gasteiger partial charge in [0, 0.05) is 11.8 Å². The molecule has 0 bridgehead atoms. The number of methoxy groups -OCH3 is 1. The summed E-state index contributed by atoms with van der Waals surface area (Å²) in [6.45, 7) is 0.0962. The van der Waals surface area contributed by atoms with Gasteiger partial charge in [0.05, 0.1) is 24.6 Å². The van der Waals surface area contributed by atoms with Gasteiger partial charge in [-0.2, -0.15) is 0 Å². The average molecular weight is 528 g/mol. The Kier molecular flexibility index (Phi) is 8.65. The number of carboxylic acid groups (broad SMARTS) is 1. The van der Waals surface area contributed by atoms with Crippen LogP contribution in [0.5, 0.6) is 11.5 Å². The molecule has 3 aromatic carbocycles. The number of aromatic carboxylic acids is 1. The summed E-state index contributed by atoms with van der Waals surface area (Å²) < 4.78 is 12.7. The van der Waals surface area contributed by atoms with Gasteiger partial charge in [-0.15, -0.1) is 5.10 Å². The fourth-order valence-corrected chi connectivity index (χ4v) is 3.53. The number of anilines is 2. The summed E-state index contributed by atoms with van der Waals surface area (Å²) in [4.78, 5) is 35.8. The predicted molar refractivity (Wildman–Crippen MR) is 143 cm³/mol. The Morgan fingerprint density at radius 1 is 0.974 bits per heavy atom. The summed E-state index contributed by atoms with van der Waals surface area (Å²) >= 11 is 0. The van der Waals surface area contributed by atoms with Crippen LogP contribution in [0.4, 0.5) is 11.4 Å². The number of para-hydroxylation sites is 2. The molecule has 1 aromatic heterocycles. The number of aromatic nitrogens is 3. The number of nitrogens with one attached hydrogen (secondary N) is 2. The van der Waals surface area contributed by atoms with Crippen molar-refractivity contribution in [2.24, 2.45) is 0 Å². The lowest BCUT2D eigenvalue weighted by Gasteiger charge is -2.10. The van der Waals surface area contributed by atoms with Crippen molar-refractivity contribution in [3.63, 3.8) is 0 Å². The monoisotopic (exact) mass is 527 g/mol. The first-order chi connectivity index (χ1) is 18.9. The van der Waals surface area contributed by atoms with Gasteiger partial charge in [-0.25, -0.2) is 9.48 Å². The van der Waals surface area contributed by atoms with Crippen LogP contribution in [0.25, 0.3) is 6.08 Å². The van der Waals surface area contributed by atoms with E-state index >= 15 is 0 Å². The quantitative estimate of drug-likeness (QED) is 0.250. The van der Waals surface area contributed by atoms with Gasteiger partial charge in [-0.1, -0.05) is 41.6 Å². The molecule has 4 rings (SSSR count). The SMILES string of the molecule is COc1cc(/C=C/C(=O)Nc2ccccc2C(=O)O)ccc1OCc1cn(CC(=O)Nc2ccccc2)nn1. The molecule has 0 saturated heterocycles. The molecule has 0 unspecified atom stereocenters. The zero-order valence-electron chi connectivity index (χ0n) is 20.9. The third kappa shape index (κ3) is 7.52. The number of carbonyl (C=O) groups excluding carboxylic acids is 2. The maximum Gasteiger partial charge on any atom is 0.337 e. The highest BCUT2D eigenvalue weighted by Crippen LogP contribution is 2.29. The summed E-state index contributed by atoms with van der Waals surface area (Å²) in [5.41, 5.74) is 2.08. The number of carbonyl (C=O) groups is 3. The van der Waals surface area contributed by atoms with Crippen LogP contribution in [0.3, 0.4) is 0 Å². The summed E-state index contributed by atoms with van der Waals surface area (Å²) in [5, 5.41) is 22.6. The molecule has 0 radical (unpaired) electrons.